The highest BCUT2D eigenvalue weighted by Crippen LogP contribution is 2.65. The maximum Gasteiger partial charge on any atom is 0.303 e. The molecule has 168 valence electrons. The van der Waals surface area contributed by atoms with Gasteiger partial charge in [-0.1, -0.05) is 47.0 Å². The van der Waals surface area contributed by atoms with Crippen molar-refractivity contribution >= 4 is 5.97 Å². The Morgan fingerprint density at radius 3 is 2.34 bits per heavy atom. The summed E-state index contributed by atoms with van der Waals surface area (Å²) in [5.74, 6) is 0.880. The van der Waals surface area contributed by atoms with Gasteiger partial charge in [-0.3, -0.25) is 4.79 Å². The van der Waals surface area contributed by atoms with E-state index in [-0.39, 0.29) is 41.3 Å². The minimum absolute atomic E-state index is 0.205. The zero-order chi connectivity index (χ0) is 21.4. The highest BCUT2D eigenvalue weighted by Gasteiger charge is 2.62. The molecule has 0 aromatic heterocycles. The van der Waals surface area contributed by atoms with Gasteiger partial charge >= 0.3 is 5.97 Å². The molecular formula is C25H44O4. The predicted octanol–water partition coefficient (Wildman–Crippen LogP) is 5.26. The second-order valence-electron chi connectivity index (χ2n) is 11.2. The van der Waals surface area contributed by atoms with E-state index in [1.165, 1.54) is 32.1 Å². The third-order valence-electron chi connectivity index (χ3n) is 9.76. The Kier molecular flexibility index (Phi) is 7.05. The lowest BCUT2D eigenvalue weighted by Gasteiger charge is -2.58. The third kappa shape index (κ3) is 4.13. The normalized spacial score (nSPS) is 41.5. The highest BCUT2D eigenvalue weighted by atomic mass is 16.4. The molecule has 0 saturated heterocycles. The number of hydrogen-bond donors (Lipinski definition) is 3. The van der Waals surface area contributed by atoms with Crippen molar-refractivity contribution in [2.75, 3.05) is 0 Å². The molecule has 0 heterocycles. The number of carboxylic acids is 1. The topological polar surface area (TPSA) is 77.8 Å². The van der Waals surface area contributed by atoms with Gasteiger partial charge in [0.1, 0.15) is 0 Å². The second kappa shape index (κ2) is 8.86. The fourth-order valence-corrected chi connectivity index (χ4v) is 8.03. The molecule has 4 heteroatoms. The molecule has 29 heavy (non-hydrogen) atoms. The van der Waals surface area contributed by atoms with Crippen LogP contribution < -0.4 is 0 Å². The van der Waals surface area contributed by atoms with Crippen molar-refractivity contribution in [3.05, 3.63) is 0 Å². The largest absolute Gasteiger partial charge is 0.481 e. The number of aliphatic hydroxyl groups excluding tert-OH is 2. The van der Waals surface area contributed by atoms with Crippen LogP contribution in [0.25, 0.3) is 0 Å². The van der Waals surface area contributed by atoms with Gasteiger partial charge in [0.2, 0.25) is 0 Å². The van der Waals surface area contributed by atoms with E-state index in [4.69, 9.17) is 5.11 Å². The Labute approximate surface area is 177 Å². The number of fused-ring (bicyclic) bond motifs is 1. The summed E-state index contributed by atoms with van der Waals surface area (Å²) in [4.78, 5) is 11.1. The van der Waals surface area contributed by atoms with Gasteiger partial charge in [-0.05, 0) is 85.4 Å². The van der Waals surface area contributed by atoms with E-state index in [0.29, 0.717) is 24.2 Å². The highest BCUT2D eigenvalue weighted by molar-refractivity contribution is 5.66. The Morgan fingerprint density at radius 2 is 1.76 bits per heavy atom. The van der Waals surface area contributed by atoms with E-state index in [9.17, 15) is 15.0 Å². The smallest absolute Gasteiger partial charge is 0.303 e. The van der Waals surface area contributed by atoms with Crippen LogP contribution in [0.15, 0.2) is 0 Å². The molecule has 1 unspecified atom stereocenters. The number of hydrogen-bond acceptors (Lipinski definition) is 3. The van der Waals surface area contributed by atoms with Crippen molar-refractivity contribution in [1.29, 1.82) is 0 Å². The fraction of sp³-hybridized carbons (Fsp3) is 0.960. The van der Waals surface area contributed by atoms with Gasteiger partial charge in [-0.2, -0.15) is 0 Å². The van der Waals surface area contributed by atoms with Gasteiger partial charge < -0.3 is 15.3 Å². The zero-order valence-electron chi connectivity index (χ0n) is 19.1. The molecule has 8 atom stereocenters. The molecule has 0 spiro atoms. The first-order chi connectivity index (χ1) is 13.6. The molecule has 0 bridgehead atoms. The van der Waals surface area contributed by atoms with Gasteiger partial charge in [-0.25, -0.2) is 0 Å². The molecule has 3 fully saturated rings. The van der Waals surface area contributed by atoms with Crippen LogP contribution in [-0.2, 0) is 4.79 Å². The average Bonchev–Trinajstić information content (AvgIpc) is 3.05. The summed E-state index contributed by atoms with van der Waals surface area (Å²) in [7, 11) is 0. The Bertz CT molecular complexity index is 569. The first-order valence-electron chi connectivity index (χ1n) is 12.2. The molecule has 0 aromatic carbocycles. The zero-order valence-corrected chi connectivity index (χ0v) is 19.1. The standard InChI is InChI=1S/C25H44O4/c1-5-20(26)23-18-11-10-17(16(2)9-12-22(28)29)25(18,4)21(27)15-19(23)24(3)13-7-6-8-14-24/h16-21,23,26-27H,5-15H2,1-4H3,(H,28,29)/t16-,17-,18+,19?,20+,21+,23+,25-/m1/s1. The van der Waals surface area contributed by atoms with E-state index < -0.39 is 5.97 Å². The average molecular weight is 409 g/mol. The quantitative estimate of drug-likeness (QED) is 0.537. The van der Waals surface area contributed by atoms with E-state index in [0.717, 1.165) is 25.7 Å². The summed E-state index contributed by atoms with van der Waals surface area (Å²) in [5.41, 5.74) is 0.0225. The van der Waals surface area contributed by atoms with Crippen LogP contribution in [0.2, 0.25) is 0 Å². The van der Waals surface area contributed by atoms with Crippen molar-refractivity contribution in [3.8, 4) is 0 Å². The van der Waals surface area contributed by atoms with E-state index in [1.54, 1.807) is 0 Å². The summed E-state index contributed by atoms with van der Waals surface area (Å²) in [6, 6.07) is 0. The monoisotopic (exact) mass is 408 g/mol. The number of carboxylic acid groups (broad SMARTS) is 1. The minimum atomic E-state index is -0.731. The molecule has 0 amide bonds. The minimum Gasteiger partial charge on any atom is -0.481 e. The Balaban J connectivity index is 1.89. The summed E-state index contributed by atoms with van der Waals surface area (Å²) in [5, 5.41) is 31.8. The van der Waals surface area contributed by atoms with Crippen molar-refractivity contribution in [2.45, 2.75) is 111 Å². The summed E-state index contributed by atoms with van der Waals surface area (Å²) in [6.07, 6.45) is 10.2. The molecule has 3 saturated carbocycles. The van der Waals surface area contributed by atoms with Crippen LogP contribution in [0.5, 0.6) is 0 Å². The first-order valence-corrected chi connectivity index (χ1v) is 12.2. The van der Waals surface area contributed by atoms with E-state index in [2.05, 4.69) is 27.7 Å². The SMILES string of the molecule is CC[C@H](O)[C@@H]1C(C2(C)CCCCC2)C[C@H](O)[C@]2(C)[C@@H]([C@H](C)CCC(=O)O)CC[C@@H]12. The van der Waals surface area contributed by atoms with Crippen LogP contribution in [0.3, 0.4) is 0 Å². The molecule has 4 nitrogen and oxygen atoms in total. The number of aliphatic carboxylic acids is 1. The molecular weight excluding hydrogens is 364 g/mol. The van der Waals surface area contributed by atoms with Crippen LogP contribution in [-0.4, -0.2) is 33.5 Å². The van der Waals surface area contributed by atoms with Gasteiger partial charge in [0.05, 0.1) is 12.2 Å². The van der Waals surface area contributed by atoms with Crippen molar-refractivity contribution in [2.24, 2.45) is 40.4 Å². The molecule has 0 aromatic rings. The Morgan fingerprint density at radius 1 is 1.10 bits per heavy atom. The van der Waals surface area contributed by atoms with Gasteiger partial charge in [0.25, 0.3) is 0 Å². The van der Waals surface area contributed by atoms with Crippen LogP contribution >= 0.6 is 0 Å². The molecule has 3 aliphatic carbocycles. The summed E-state index contributed by atoms with van der Waals surface area (Å²) in [6.45, 7) is 8.94. The molecule has 3 N–H and O–H groups in total. The predicted molar refractivity (Wildman–Crippen MR) is 115 cm³/mol. The Hall–Kier alpha value is -0.610. The fourth-order valence-electron chi connectivity index (χ4n) is 8.03. The molecule has 0 aliphatic heterocycles. The van der Waals surface area contributed by atoms with Crippen molar-refractivity contribution < 1.29 is 20.1 Å². The molecule has 3 aliphatic rings. The van der Waals surface area contributed by atoms with Crippen molar-refractivity contribution in [3.63, 3.8) is 0 Å². The van der Waals surface area contributed by atoms with Crippen LogP contribution in [0, 0.1) is 40.4 Å². The van der Waals surface area contributed by atoms with Crippen LogP contribution in [0.1, 0.15) is 98.3 Å². The molecule has 0 radical (unpaired) electrons. The number of rotatable bonds is 7. The summed E-state index contributed by atoms with van der Waals surface area (Å²) < 4.78 is 0. The second-order valence-corrected chi connectivity index (χ2v) is 11.2. The summed E-state index contributed by atoms with van der Waals surface area (Å²) >= 11 is 0. The maximum absolute atomic E-state index is 11.5. The lowest BCUT2D eigenvalue weighted by atomic mass is 9.48. The van der Waals surface area contributed by atoms with Crippen molar-refractivity contribution in [1.82, 2.24) is 0 Å². The van der Waals surface area contributed by atoms with E-state index in [1.807, 2.05) is 0 Å². The number of carbonyl (C=O) groups is 1. The lowest BCUT2D eigenvalue weighted by molar-refractivity contribution is -0.164. The molecule has 3 rings (SSSR count). The third-order valence-corrected chi connectivity index (χ3v) is 9.76. The first kappa shape index (κ1) is 23.1. The van der Waals surface area contributed by atoms with E-state index >= 15 is 0 Å². The van der Waals surface area contributed by atoms with Gasteiger partial charge in [0.15, 0.2) is 0 Å². The van der Waals surface area contributed by atoms with Gasteiger partial charge in [-0.15, -0.1) is 0 Å². The number of aliphatic hydroxyl groups is 2. The lowest BCUT2D eigenvalue weighted by Crippen LogP contribution is -2.57. The van der Waals surface area contributed by atoms with Crippen LogP contribution in [0.4, 0.5) is 0 Å². The van der Waals surface area contributed by atoms with Gasteiger partial charge in [0, 0.05) is 6.42 Å². The maximum atomic E-state index is 11.5.